The summed E-state index contributed by atoms with van der Waals surface area (Å²) in [6, 6.07) is 2.76. The molecule has 1 saturated heterocycles. The molecule has 3 heteroatoms. The molecular formula is C10H19N3. The average Bonchev–Trinajstić information content (AvgIpc) is 2.18. The number of nitrogens with one attached hydrogen (secondary N) is 1. The highest BCUT2D eigenvalue weighted by Gasteiger charge is 2.25. The first-order chi connectivity index (χ1) is 6.29. The normalized spacial score (nSPS) is 26.7. The van der Waals surface area contributed by atoms with E-state index in [1.807, 2.05) is 6.92 Å². The van der Waals surface area contributed by atoms with Crippen LogP contribution < -0.4 is 5.32 Å². The third-order valence-corrected chi connectivity index (χ3v) is 2.69. The summed E-state index contributed by atoms with van der Waals surface area (Å²) < 4.78 is 0. The van der Waals surface area contributed by atoms with Crippen LogP contribution in [0.5, 0.6) is 0 Å². The van der Waals surface area contributed by atoms with E-state index in [-0.39, 0.29) is 5.92 Å². The lowest BCUT2D eigenvalue weighted by molar-refractivity contribution is 0.136. The van der Waals surface area contributed by atoms with Crippen molar-refractivity contribution in [3.8, 4) is 6.07 Å². The summed E-state index contributed by atoms with van der Waals surface area (Å²) in [5.41, 5.74) is 0. The molecule has 0 amide bonds. The van der Waals surface area contributed by atoms with E-state index in [2.05, 4.69) is 23.2 Å². The lowest BCUT2D eigenvalue weighted by Gasteiger charge is -2.37. The number of piperazine rings is 1. The van der Waals surface area contributed by atoms with E-state index < -0.39 is 0 Å². The zero-order chi connectivity index (χ0) is 9.68. The van der Waals surface area contributed by atoms with Gasteiger partial charge in [-0.1, -0.05) is 6.92 Å². The van der Waals surface area contributed by atoms with Gasteiger partial charge in [-0.05, 0) is 19.9 Å². The minimum absolute atomic E-state index is 0.138. The predicted molar refractivity (Wildman–Crippen MR) is 53.3 cm³/mol. The number of nitriles is 1. The molecule has 2 unspecified atom stereocenters. The van der Waals surface area contributed by atoms with Crippen LogP contribution in [0.2, 0.25) is 0 Å². The van der Waals surface area contributed by atoms with Gasteiger partial charge in [0.05, 0.1) is 12.0 Å². The van der Waals surface area contributed by atoms with Crippen LogP contribution in [-0.4, -0.2) is 37.1 Å². The highest BCUT2D eigenvalue weighted by molar-refractivity contribution is 4.93. The number of hydrogen-bond donors (Lipinski definition) is 1. The second kappa shape index (κ2) is 5.21. The molecule has 0 bridgehead atoms. The van der Waals surface area contributed by atoms with Gasteiger partial charge in [0.1, 0.15) is 0 Å². The summed E-state index contributed by atoms with van der Waals surface area (Å²) in [6.45, 7) is 8.45. The third-order valence-electron chi connectivity index (χ3n) is 2.69. The van der Waals surface area contributed by atoms with Crippen LogP contribution in [0.1, 0.15) is 20.3 Å². The molecule has 1 fully saturated rings. The summed E-state index contributed by atoms with van der Waals surface area (Å²) in [7, 11) is 0. The van der Waals surface area contributed by atoms with Gasteiger partial charge >= 0.3 is 0 Å². The monoisotopic (exact) mass is 181 g/mol. The number of hydrogen-bond acceptors (Lipinski definition) is 3. The zero-order valence-corrected chi connectivity index (χ0v) is 8.58. The van der Waals surface area contributed by atoms with E-state index in [1.165, 1.54) is 6.42 Å². The first kappa shape index (κ1) is 10.5. The van der Waals surface area contributed by atoms with Crippen molar-refractivity contribution in [2.45, 2.75) is 26.3 Å². The van der Waals surface area contributed by atoms with E-state index in [0.29, 0.717) is 6.04 Å². The van der Waals surface area contributed by atoms with Crippen molar-refractivity contribution in [2.24, 2.45) is 5.92 Å². The minimum atomic E-state index is 0.138. The Labute approximate surface area is 80.7 Å². The molecule has 0 radical (unpaired) electrons. The molecule has 1 N–H and O–H groups in total. The van der Waals surface area contributed by atoms with Gasteiger partial charge in [0.15, 0.2) is 0 Å². The quantitative estimate of drug-likeness (QED) is 0.701. The van der Waals surface area contributed by atoms with Crippen molar-refractivity contribution < 1.29 is 0 Å². The lowest BCUT2D eigenvalue weighted by Crippen LogP contribution is -2.53. The Kier molecular flexibility index (Phi) is 4.20. The Hall–Kier alpha value is -0.590. The maximum atomic E-state index is 8.87. The van der Waals surface area contributed by atoms with Gasteiger partial charge in [-0.2, -0.15) is 5.26 Å². The molecule has 3 nitrogen and oxygen atoms in total. The van der Waals surface area contributed by atoms with E-state index in [4.69, 9.17) is 5.26 Å². The highest BCUT2D eigenvalue weighted by Crippen LogP contribution is 2.12. The molecule has 13 heavy (non-hydrogen) atoms. The molecule has 1 aliphatic heterocycles. The van der Waals surface area contributed by atoms with Gasteiger partial charge in [-0.25, -0.2) is 0 Å². The predicted octanol–water partition coefficient (Wildman–Crippen LogP) is 0.830. The van der Waals surface area contributed by atoms with E-state index >= 15 is 0 Å². The summed E-state index contributed by atoms with van der Waals surface area (Å²) in [5.74, 6) is 0.138. The van der Waals surface area contributed by atoms with E-state index in [0.717, 1.165) is 26.2 Å². The maximum Gasteiger partial charge on any atom is 0.0669 e. The molecule has 1 aliphatic rings. The molecule has 1 heterocycles. The van der Waals surface area contributed by atoms with Gasteiger partial charge in [0.2, 0.25) is 0 Å². The molecule has 2 atom stereocenters. The van der Waals surface area contributed by atoms with Crippen molar-refractivity contribution in [3.05, 3.63) is 0 Å². The Morgan fingerprint density at radius 1 is 1.69 bits per heavy atom. The molecule has 0 aromatic heterocycles. The Bertz CT molecular complexity index is 183. The third kappa shape index (κ3) is 2.68. The number of rotatable bonds is 3. The molecule has 1 rings (SSSR count). The van der Waals surface area contributed by atoms with Crippen LogP contribution in [0.25, 0.3) is 0 Å². The van der Waals surface area contributed by atoms with Crippen LogP contribution >= 0.6 is 0 Å². The second-order valence-corrected chi connectivity index (χ2v) is 3.73. The highest BCUT2D eigenvalue weighted by atomic mass is 15.2. The first-order valence-electron chi connectivity index (χ1n) is 5.14. The van der Waals surface area contributed by atoms with Crippen LogP contribution in [0.3, 0.4) is 0 Å². The van der Waals surface area contributed by atoms with Gasteiger partial charge in [-0.3, -0.25) is 4.90 Å². The standard InChI is InChI=1S/C10H19N3/c1-3-5-13-6-4-12-8-10(13)9(2)7-11/h9-10,12H,3-6,8H2,1-2H3. The van der Waals surface area contributed by atoms with Crippen molar-refractivity contribution in [1.29, 1.82) is 5.26 Å². The number of nitrogens with zero attached hydrogens (tertiary/aromatic N) is 2. The Balaban J connectivity index is 2.51. The summed E-state index contributed by atoms with van der Waals surface area (Å²) in [6.07, 6.45) is 1.18. The van der Waals surface area contributed by atoms with Crippen molar-refractivity contribution in [3.63, 3.8) is 0 Å². The fourth-order valence-electron chi connectivity index (χ4n) is 1.91. The largest absolute Gasteiger partial charge is 0.314 e. The fraction of sp³-hybridized carbons (Fsp3) is 0.900. The second-order valence-electron chi connectivity index (χ2n) is 3.73. The molecule has 0 spiro atoms. The molecular weight excluding hydrogens is 162 g/mol. The van der Waals surface area contributed by atoms with Crippen molar-refractivity contribution in [2.75, 3.05) is 26.2 Å². The Morgan fingerprint density at radius 2 is 2.46 bits per heavy atom. The SMILES string of the molecule is CCCN1CCNCC1C(C)C#N. The topological polar surface area (TPSA) is 39.1 Å². The molecule has 0 saturated carbocycles. The molecule has 74 valence electrons. The summed E-state index contributed by atoms with van der Waals surface area (Å²) >= 11 is 0. The van der Waals surface area contributed by atoms with E-state index in [1.54, 1.807) is 0 Å². The first-order valence-corrected chi connectivity index (χ1v) is 5.14. The van der Waals surface area contributed by atoms with Crippen LogP contribution in [0.4, 0.5) is 0 Å². The minimum Gasteiger partial charge on any atom is -0.314 e. The Morgan fingerprint density at radius 3 is 3.08 bits per heavy atom. The van der Waals surface area contributed by atoms with E-state index in [9.17, 15) is 0 Å². The molecule has 0 aromatic carbocycles. The van der Waals surface area contributed by atoms with Crippen LogP contribution in [-0.2, 0) is 0 Å². The fourth-order valence-corrected chi connectivity index (χ4v) is 1.91. The smallest absolute Gasteiger partial charge is 0.0669 e. The van der Waals surface area contributed by atoms with Gasteiger partial charge < -0.3 is 5.32 Å². The van der Waals surface area contributed by atoms with Crippen molar-refractivity contribution >= 4 is 0 Å². The van der Waals surface area contributed by atoms with Gasteiger partial charge in [-0.15, -0.1) is 0 Å². The molecule has 0 aliphatic carbocycles. The van der Waals surface area contributed by atoms with Crippen molar-refractivity contribution in [1.82, 2.24) is 10.2 Å². The van der Waals surface area contributed by atoms with Crippen LogP contribution in [0, 0.1) is 17.2 Å². The summed E-state index contributed by atoms with van der Waals surface area (Å²) in [5, 5.41) is 12.2. The lowest BCUT2D eigenvalue weighted by atomic mass is 10.00. The average molecular weight is 181 g/mol. The van der Waals surface area contributed by atoms with Crippen LogP contribution in [0.15, 0.2) is 0 Å². The summed E-state index contributed by atoms with van der Waals surface area (Å²) in [4.78, 5) is 2.43. The zero-order valence-electron chi connectivity index (χ0n) is 8.58. The maximum absolute atomic E-state index is 8.87. The molecule has 0 aromatic rings. The van der Waals surface area contributed by atoms with Gasteiger partial charge in [0, 0.05) is 25.7 Å². The van der Waals surface area contributed by atoms with Gasteiger partial charge in [0.25, 0.3) is 0 Å².